The zero-order chi connectivity index (χ0) is 33.0. The Balaban J connectivity index is 1.60. The molecule has 47 heavy (non-hydrogen) atoms. The van der Waals surface area contributed by atoms with Gasteiger partial charge in [-0.25, -0.2) is 0 Å². The molecule has 0 radical (unpaired) electrons. The molecule has 0 aromatic heterocycles. The van der Waals surface area contributed by atoms with Crippen LogP contribution in [0.3, 0.4) is 0 Å². The van der Waals surface area contributed by atoms with Crippen molar-refractivity contribution in [2.75, 3.05) is 4.90 Å². The first-order valence-electron chi connectivity index (χ1n) is 15.8. The summed E-state index contributed by atoms with van der Waals surface area (Å²) in [5.74, 6) is -1.67. The molecule has 0 fully saturated rings. The van der Waals surface area contributed by atoms with E-state index >= 15 is 4.79 Å². The Morgan fingerprint density at radius 3 is 2.02 bits per heavy atom. The van der Waals surface area contributed by atoms with Crippen molar-refractivity contribution in [3.05, 3.63) is 172 Å². The first kappa shape index (κ1) is 32.2. The highest BCUT2D eigenvalue weighted by Crippen LogP contribution is 2.53. The molecule has 0 aliphatic carbocycles. The van der Waals surface area contributed by atoms with Crippen molar-refractivity contribution >= 4 is 29.2 Å². The number of benzene rings is 5. The van der Waals surface area contributed by atoms with Gasteiger partial charge in [0, 0.05) is 10.6 Å². The second-order valence-electron chi connectivity index (χ2n) is 11.9. The Morgan fingerprint density at radius 1 is 0.872 bits per heavy atom. The molecule has 6 nitrogen and oxygen atoms in total. The van der Waals surface area contributed by atoms with Crippen molar-refractivity contribution in [2.45, 2.75) is 50.6 Å². The number of hydrogen-bond acceptors (Lipinski definition) is 4. The molecule has 0 saturated carbocycles. The molecular formula is C40H37ClN2O4. The quantitative estimate of drug-likeness (QED) is 0.143. The van der Waals surface area contributed by atoms with Crippen molar-refractivity contribution in [1.29, 1.82) is 0 Å². The van der Waals surface area contributed by atoms with Crippen LogP contribution in [0.15, 0.2) is 133 Å². The van der Waals surface area contributed by atoms with Crippen LogP contribution in [0.5, 0.6) is 0 Å². The number of halogens is 1. The highest BCUT2D eigenvalue weighted by molar-refractivity contribution is 6.31. The third-order valence-corrected chi connectivity index (χ3v) is 9.45. The van der Waals surface area contributed by atoms with E-state index in [1.807, 2.05) is 122 Å². The Labute approximate surface area is 280 Å². The predicted octanol–water partition coefficient (Wildman–Crippen LogP) is 8.22. The van der Waals surface area contributed by atoms with Gasteiger partial charge in [0.2, 0.25) is 5.60 Å². The van der Waals surface area contributed by atoms with Crippen LogP contribution in [0.25, 0.3) is 0 Å². The van der Waals surface area contributed by atoms with E-state index in [1.165, 1.54) is 0 Å². The molecule has 2 atom stereocenters. The minimum absolute atomic E-state index is 0.00158. The molecule has 1 heterocycles. The number of fused-ring (bicyclic) bond motifs is 1. The van der Waals surface area contributed by atoms with Gasteiger partial charge >= 0.3 is 5.97 Å². The van der Waals surface area contributed by atoms with Crippen LogP contribution in [0.1, 0.15) is 52.8 Å². The maximum absolute atomic E-state index is 15.3. The van der Waals surface area contributed by atoms with E-state index in [4.69, 9.17) is 16.3 Å². The van der Waals surface area contributed by atoms with Gasteiger partial charge in [-0.2, -0.15) is 0 Å². The standard InChI is InChI=1S/C40H37ClN2O4/c1-3-39(38(45)46,42-36(30-18-9-5-10-19-30)31-20-11-6-12-21-31)40(47-27-32-22-14-13-15-28(32)2)34-25-33(41)23-24-35(34)43(37(40)44)26-29-16-7-4-8-17-29/h4-25,36,42H,3,26-27H2,1-2H3,(H,45,46)/t39-,40?/m0/s1. The summed E-state index contributed by atoms with van der Waals surface area (Å²) in [5, 5.41) is 15.4. The van der Waals surface area contributed by atoms with Crippen molar-refractivity contribution in [1.82, 2.24) is 5.32 Å². The van der Waals surface area contributed by atoms with Crippen molar-refractivity contribution in [3.8, 4) is 0 Å². The van der Waals surface area contributed by atoms with Crippen LogP contribution < -0.4 is 10.2 Å². The van der Waals surface area contributed by atoms with Gasteiger partial charge in [-0.05, 0) is 59.4 Å². The number of carboxylic acids is 1. The number of carboxylic acid groups (broad SMARTS) is 1. The Kier molecular flexibility index (Phi) is 9.28. The predicted molar refractivity (Wildman–Crippen MR) is 185 cm³/mol. The molecule has 1 amide bonds. The normalized spacial score (nSPS) is 17.0. The minimum Gasteiger partial charge on any atom is -0.480 e. The number of amides is 1. The number of rotatable bonds is 12. The van der Waals surface area contributed by atoms with Crippen LogP contribution in [0.4, 0.5) is 5.69 Å². The molecule has 5 aromatic rings. The van der Waals surface area contributed by atoms with Gasteiger partial charge in [-0.1, -0.05) is 134 Å². The molecule has 2 N–H and O–H groups in total. The van der Waals surface area contributed by atoms with Crippen molar-refractivity contribution < 1.29 is 19.4 Å². The Bertz CT molecular complexity index is 1830. The number of carbonyl (C=O) groups excluding carboxylic acids is 1. The van der Waals surface area contributed by atoms with Gasteiger partial charge in [-0.3, -0.25) is 14.9 Å². The lowest BCUT2D eigenvalue weighted by molar-refractivity contribution is -0.181. The lowest BCUT2D eigenvalue weighted by atomic mass is 9.72. The second-order valence-corrected chi connectivity index (χ2v) is 12.3. The third-order valence-electron chi connectivity index (χ3n) is 9.22. The summed E-state index contributed by atoms with van der Waals surface area (Å²) in [7, 11) is 0. The van der Waals surface area contributed by atoms with E-state index < -0.39 is 29.1 Å². The number of aliphatic carboxylic acids is 1. The molecule has 1 unspecified atom stereocenters. The average molecular weight is 645 g/mol. The van der Waals surface area contributed by atoms with Crippen LogP contribution in [0, 0.1) is 6.92 Å². The minimum atomic E-state index is -2.01. The maximum Gasteiger partial charge on any atom is 0.327 e. The van der Waals surface area contributed by atoms with Crippen LogP contribution in [-0.2, 0) is 33.1 Å². The van der Waals surface area contributed by atoms with Gasteiger partial charge in [0.15, 0.2) is 5.54 Å². The Hall–Kier alpha value is -4.75. The first-order chi connectivity index (χ1) is 22.8. The summed E-state index contributed by atoms with van der Waals surface area (Å²) in [5.41, 5.74) is 1.43. The molecule has 0 bridgehead atoms. The monoisotopic (exact) mass is 644 g/mol. The number of ether oxygens (including phenoxy) is 1. The highest BCUT2D eigenvalue weighted by Gasteiger charge is 2.68. The molecule has 7 heteroatoms. The van der Waals surface area contributed by atoms with Crippen LogP contribution in [-0.4, -0.2) is 22.5 Å². The number of aryl methyl sites for hydroxylation is 1. The fraction of sp³-hybridized carbons (Fsp3) is 0.200. The van der Waals surface area contributed by atoms with Crippen LogP contribution >= 0.6 is 11.6 Å². The number of anilines is 1. The topological polar surface area (TPSA) is 78.9 Å². The van der Waals surface area contributed by atoms with E-state index in [-0.39, 0.29) is 19.6 Å². The molecule has 0 spiro atoms. The summed E-state index contributed by atoms with van der Waals surface area (Å²) in [6.45, 7) is 3.98. The smallest absolute Gasteiger partial charge is 0.327 e. The van der Waals surface area contributed by atoms with E-state index in [1.54, 1.807) is 30.0 Å². The molecule has 1 aliphatic heterocycles. The molecule has 238 valence electrons. The summed E-state index contributed by atoms with van der Waals surface area (Å²) in [6, 6.07) is 41.3. The molecule has 0 saturated heterocycles. The maximum atomic E-state index is 15.3. The fourth-order valence-corrected chi connectivity index (χ4v) is 6.88. The largest absolute Gasteiger partial charge is 0.480 e. The van der Waals surface area contributed by atoms with Gasteiger partial charge in [0.05, 0.1) is 24.9 Å². The first-order valence-corrected chi connectivity index (χ1v) is 16.1. The SMILES string of the molecule is CC[C@](NC(c1ccccc1)c1ccccc1)(C(=O)O)C1(OCc2ccccc2C)C(=O)N(Cc2ccccc2)c2ccc(Cl)cc21. The van der Waals surface area contributed by atoms with Gasteiger partial charge in [0.1, 0.15) is 0 Å². The fourth-order valence-electron chi connectivity index (χ4n) is 6.71. The average Bonchev–Trinajstić information content (AvgIpc) is 3.32. The summed E-state index contributed by atoms with van der Waals surface area (Å²) >= 11 is 6.67. The zero-order valence-corrected chi connectivity index (χ0v) is 27.2. The van der Waals surface area contributed by atoms with Crippen molar-refractivity contribution in [2.24, 2.45) is 0 Å². The van der Waals surface area contributed by atoms with E-state index in [0.29, 0.717) is 16.3 Å². The highest BCUT2D eigenvalue weighted by atomic mass is 35.5. The lowest BCUT2D eigenvalue weighted by Crippen LogP contribution is -2.70. The summed E-state index contributed by atoms with van der Waals surface area (Å²) < 4.78 is 6.92. The van der Waals surface area contributed by atoms with Crippen molar-refractivity contribution in [3.63, 3.8) is 0 Å². The third kappa shape index (κ3) is 5.85. The molecule has 6 rings (SSSR count). The lowest BCUT2D eigenvalue weighted by Gasteiger charge is -2.46. The van der Waals surface area contributed by atoms with Crippen LogP contribution in [0.2, 0.25) is 5.02 Å². The van der Waals surface area contributed by atoms with Gasteiger partial charge < -0.3 is 14.7 Å². The van der Waals surface area contributed by atoms with E-state index in [0.717, 1.165) is 27.8 Å². The zero-order valence-electron chi connectivity index (χ0n) is 26.4. The summed E-state index contributed by atoms with van der Waals surface area (Å²) in [6.07, 6.45) is 0.0170. The number of nitrogens with zero attached hydrogens (tertiary/aromatic N) is 1. The molecule has 1 aliphatic rings. The van der Waals surface area contributed by atoms with Gasteiger partial charge in [-0.15, -0.1) is 0 Å². The molecule has 5 aromatic carbocycles. The van der Waals surface area contributed by atoms with Gasteiger partial charge in [0.25, 0.3) is 5.91 Å². The van der Waals surface area contributed by atoms with E-state index in [2.05, 4.69) is 5.32 Å². The number of carbonyl (C=O) groups is 2. The number of nitrogens with one attached hydrogen (secondary N) is 1. The summed E-state index contributed by atoms with van der Waals surface area (Å²) in [4.78, 5) is 31.0. The second kappa shape index (κ2) is 13.5. The molecular weight excluding hydrogens is 608 g/mol. The van der Waals surface area contributed by atoms with E-state index in [9.17, 15) is 9.90 Å². The number of hydrogen-bond donors (Lipinski definition) is 2. The Morgan fingerprint density at radius 2 is 1.45 bits per heavy atom.